The number of sulfonamides is 1. The predicted octanol–water partition coefficient (Wildman–Crippen LogP) is 3.24. The minimum atomic E-state index is -3.30. The zero-order valence-corrected chi connectivity index (χ0v) is 15.9. The van der Waals surface area contributed by atoms with Crippen LogP contribution in [-0.4, -0.2) is 32.7 Å². The molecule has 0 aromatic heterocycles. The van der Waals surface area contributed by atoms with Gasteiger partial charge in [-0.1, -0.05) is 32.1 Å². The largest absolute Gasteiger partial charge is 0.349 e. The summed E-state index contributed by atoms with van der Waals surface area (Å²) in [7, 11) is -3.30. The lowest BCUT2D eigenvalue weighted by molar-refractivity contribution is 0.0930. The molecule has 1 aromatic rings. The molecule has 1 heterocycles. The van der Waals surface area contributed by atoms with E-state index in [1.165, 1.54) is 42.7 Å². The quantitative estimate of drug-likeness (QED) is 0.895. The number of carbonyl (C=O) groups excluding carboxylic acids is 1. The van der Waals surface area contributed by atoms with Gasteiger partial charge in [0, 0.05) is 17.6 Å². The fraction of sp³-hybridized carbons (Fsp3) is 0.632. The number of rotatable bonds is 3. The maximum absolute atomic E-state index is 12.6. The number of nitrogens with one attached hydrogen (secondary N) is 1. The van der Waals surface area contributed by atoms with Gasteiger partial charge in [0.15, 0.2) is 0 Å². The predicted molar refractivity (Wildman–Crippen MR) is 101 cm³/mol. The van der Waals surface area contributed by atoms with Gasteiger partial charge in [-0.2, -0.15) is 0 Å². The van der Waals surface area contributed by atoms with Crippen molar-refractivity contribution in [3.8, 4) is 0 Å². The van der Waals surface area contributed by atoms with E-state index in [0.717, 1.165) is 18.4 Å². The van der Waals surface area contributed by atoms with Gasteiger partial charge in [0.25, 0.3) is 5.91 Å². The number of benzene rings is 1. The molecule has 0 bridgehead atoms. The van der Waals surface area contributed by atoms with Gasteiger partial charge in [-0.15, -0.1) is 0 Å². The maximum Gasteiger partial charge on any atom is 0.251 e. The van der Waals surface area contributed by atoms with Crippen LogP contribution >= 0.6 is 0 Å². The topological polar surface area (TPSA) is 66.5 Å². The highest BCUT2D eigenvalue weighted by molar-refractivity contribution is 7.92. The average Bonchev–Trinajstić information content (AvgIpc) is 2.84. The van der Waals surface area contributed by atoms with Crippen molar-refractivity contribution in [1.29, 1.82) is 0 Å². The van der Waals surface area contributed by atoms with Gasteiger partial charge in [0.05, 0.1) is 11.9 Å². The molecule has 6 heteroatoms. The number of fused-ring (bicyclic) bond motifs is 1. The molecule has 1 aromatic carbocycles. The molecular formula is C19H28N2O3S. The Kier molecular flexibility index (Phi) is 5.37. The number of hydrogen-bond acceptors (Lipinski definition) is 3. The van der Waals surface area contributed by atoms with Gasteiger partial charge in [-0.3, -0.25) is 9.10 Å². The highest BCUT2D eigenvalue weighted by atomic mass is 32.2. The van der Waals surface area contributed by atoms with Gasteiger partial charge in [0.1, 0.15) is 0 Å². The number of carbonyl (C=O) groups is 1. The second-order valence-electron chi connectivity index (χ2n) is 7.47. The van der Waals surface area contributed by atoms with Crippen LogP contribution in [0.5, 0.6) is 0 Å². The van der Waals surface area contributed by atoms with E-state index in [-0.39, 0.29) is 18.0 Å². The van der Waals surface area contributed by atoms with Gasteiger partial charge in [-0.05, 0) is 49.9 Å². The standard InChI is InChI=1S/C19H28N2O3S/c1-14-12-16-13-15(10-11-18(16)21(14)25(2,23)24)19(22)20-17-8-6-4-3-5-7-9-17/h10-11,13-14,17H,3-9,12H2,1-2H3,(H,20,22)/t14-/m0/s1. The maximum atomic E-state index is 12.6. The van der Waals surface area contributed by atoms with E-state index in [0.29, 0.717) is 17.7 Å². The van der Waals surface area contributed by atoms with Crippen LogP contribution in [0.1, 0.15) is 67.8 Å². The minimum Gasteiger partial charge on any atom is -0.349 e. The second-order valence-corrected chi connectivity index (χ2v) is 9.33. The number of hydrogen-bond donors (Lipinski definition) is 1. The molecule has 25 heavy (non-hydrogen) atoms. The molecule has 138 valence electrons. The van der Waals surface area contributed by atoms with Crippen LogP contribution in [0.25, 0.3) is 0 Å². The summed E-state index contributed by atoms with van der Waals surface area (Å²) < 4.78 is 25.4. The monoisotopic (exact) mass is 364 g/mol. The molecule has 1 amide bonds. The first-order valence-corrected chi connectivity index (χ1v) is 11.1. The summed E-state index contributed by atoms with van der Waals surface area (Å²) in [4.78, 5) is 12.6. The molecule has 0 saturated heterocycles. The summed E-state index contributed by atoms with van der Waals surface area (Å²) in [5.74, 6) is -0.0427. The number of anilines is 1. The van der Waals surface area contributed by atoms with Crippen molar-refractivity contribution in [3.05, 3.63) is 29.3 Å². The van der Waals surface area contributed by atoms with Crippen molar-refractivity contribution < 1.29 is 13.2 Å². The Morgan fingerprint density at radius 3 is 2.40 bits per heavy atom. The minimum absolute atomic E-state index is 0.0427. The third kappa shape index (κ3) is 4.17. The van der Waals surface area contributed by atoms with Crippen molar-refractivity contribution in [2.75, 3.05) is 10.6 Å². The van der Waals surface area contributed by atoms with Crippen molar-refractivity contribution in [2.24, 2.45) is 0 Å². The van der Waals surface area contributed by atoms with E-state index in [2.05, 4.69) is 5.32 Å². The van der Waals surface area contributed by atoms with Crippen molar-refractivity contribution in [3.63, 3.8) is 0 Å². The third-order valence-corrected chi connectivity index (χ3v) is 6.56. The lowest BCUT2D eigenvalue weighted by Crippen LogP contribution is -2.35. The molecule has 1 N–H and O–H groups in total. The Hall–Kier alpha value is -1.56. The zero-order chi connectivity index (χ0) is 18.0. The van der Waals surface area contributed by atoms with Crippen LogP contribution in [0.15, 0.2) is 18.2 Å². The van der Waals surface area contributed by atoms with Crippen molar-refractivity contribution in [1.82, 2.24) is 5.32 Å². The molecule has 3 rings (SSSR count). The van der Waals surface area contributed by atoms with Crippen LogP contribution < -0.4 is 9.62 Å². The first-order valence-electron chi connectivity index (χ1n) is 9.29. The molecule has 1 atom stereocenters. The summed E-state index contributed by atoms with van der Waals surface area (Å²) in [5, 5.41) is 3.18. The lowest BCUT2D eigenvalue weighted by atomic mass is 9.96. The molecule has 1 fully saturated rings. The fourth-order valence-electron chi connectivity index (χ4n) is 4.12. The molecule has 1 aliphatic carbocycles. The lowest BCUT2D eigenvalue weighted by Gasteiger charge is -2.22. The first kappa shape index (κ1) is 18.2. The summed E-state index contributed by atoms with van der Waals surface area (Å²) in [6.45, 7) is 1.90. The van der Waals surface area contributed by atoms with Crippen LogP contribution in [-0.2, 0) is 16.4 Å². The van der Waals surface area contributed by atoms with E-state index >= 15 is 0 Å². The first-order chi connectivity index (χ1) is 11.9. The molecule has 1 aliphatic heterocycles. The normalized spacial score (nSPS) is 22.2. The van der Waals surface area contributed by atoms with Crippen LogP contribution in [0.3, 0.4) is 0 Å². The summed E-state index contributed by atoms with van der Waals surface area (Å²) in [6, 6.07) is 5.52. The molecule has 0 unspecified atom stereocenters. The number of amides is 1. The SMILES string of the molecule is C[C@H]1Cc2cc(C(=O)NC3CCCCCCC3)ccc2N1S(C)(=O)=O. The molecular weight excluding hydrogens is 336 g/mol. The molecule has 2 aliphatic rings. The van der Waals surface area contributed by atoms with E-state index in [9.17, 15) is 13.2 Å². The Labute approximate surface area is 150 Å². The van der Waals surface area contributed by atoms with Crippen LogP contribution in [0.2, 0.25) is 0 Å². The molecule has 0 spiro atoms. The highest BCUT2D eigenvalue weighted by Gasteiger charge is 2.32. The second kappa shape index (κ2) is 7.36. The third-order valence-electron chi connectivity index (χ3n) is 5.29. The van der Waals surface area contributed by atoms with E-state index in [1.807, 2.05) is 13.0 Å². The van der Waals surface area contributed by atoms with Gasteiger partial charge in [0.2, 0.25) is 10.0 Å². The van der Waals surface area contributed by atoms with Crippen LogP contribution in [0, 0.1) is 0 Å². The summed E-state index contributed by atoms with van der Waals surface area (Å²) in [6.07, 6.45) is 10.1. The molecule has 5 nitrogen and oxygen atoms in total. The van der Waals surface area contributed by atoms with Gasteiger partial charge < -0.3 is 5.32 Å². The zero-order valence-electron chi connectivity index (χ0n) is 15.1. The average molecular weight is 365 g/mol. The van der Waals surface area contributed by atoms with E-state index in [1.54, 1.807) is 12.1 Å². The smallest absolute Gasteiger partial charge is 0.251 e. The van der Waals surface area contributed by atoms with Crippen molar-refractivity contribution in [2.45, 2.75) is 70.4 Å². The fourth-order valence-corrected chi connectivity index (χ4v) is 5.38. The highest BCUT2D eigenvalue weighted by Crippen LogP contribution is 2.34. The van der Waals surface area contributed by atoms with Crippen molar-refractivity contribution >= 4 is 21.6 Å². The van der Waals surface area contributed by atoms with E-state index in [4.69, 9.17) is 0 Å². The van der Waals surface area contributed by atoms with Gasteiger partial charge in [-0.25, -0.2) is 8.42 Å². The van der Waals surface area contributed by atoms with Gasteiger partial charge >= 0.3 is 0 Å². The Balaban J connectivity index is 1.74. The van der Waals surface area contributed by atoms with E-state index < -0.39 is 10.0 Å². The number of nitrogens with zero attached hydrogens (tertiary/aromatic N) is 1. The Bertz CT molecular complexity index is 737. The molecule has 0 radical (unpaired) electrons. The Morgan fingerprint density at radius 1 is 1.12 bits per heavy atom. The Morgan fingerprint density at radius 2 is 1.76 bits per heavy atom. The van der Waals surface area contributed by atoms with Crippen LogP contribution in [0.4, 0.5) is 5.69 Å². The summed E-state index contributed by atoms with van der Waals surface area (Å²) >= 11 is 0. The summed E-state index contributed by atoms with van der Waals surface area (Å²) in [5.41, 5.74) is 2.27. The molecule has 1 saturated carbocycles.